The van der Waals surface area contributed by atoms with Crippen LogP contribution in [0.5, 0.6) is 5.75 Å². The van der Waals surface area contributed by atoms with Gasteiger partial charge in [-0.25, -0.2) is 13.8 Å². The van der Waals surface area contributed by atoms with Crippen LogP contribution < -0.4 is 20.7 Å². The fourth-order valence-corrected chi connectivity index (χ4v) is 2.51. The summed E-state index contributed by atoms with van der Waals surface area (Å²) in [6, 6.07) is 8.68. The average molecular weight is 390 g/mol. The Morgan fingerprint density at radius 3 is 2.61 bits per heavy atom. The molecule has 0 bridgehead atoms. The quantitative estimate of drug-likeness (QED) is 0.501. The minimum absolute atomic E-state index is 0.0924. The molecule has 0 aliphatic carbocycles. The summed E-state index contributed by atoms with van der Waals surface area (Å²) < 4.78 is 32.3. The first kappa shape index (κ1) is 21.1. The lowest BCUT2D eigenvalue weighted by Gasteiger charge is -2.13. The van der Waals surface area contributed by atoms with Crippen molar-refractivity contribution in [2.45, 2.75) is 26.9 Å². The third-order valence-electron chi connectivity index (χ3n) is 3.79. The van der Waals surface area contributed by atoms with Crippen LogP contribution in [0.3, 0.4) is 0 Å². The molecular weight excluding hydrogens is 366 g/mol. The highest BCUT2D eigenvalue weighted by Gasteiger charge is 2.08. The maximum atomic E-state index is 13.8. The van der Waals surface area contributed by atoms with E-state index >= 15 is 0 Å². The second-order valence-electron chi connectivity index (χ2n) is 6.00. The summed E-state index contributed by atoms with van der Waals surface area (Å²) in [5.74, 6) is -0.174. The summed E-state index contributed by atoms with van der Waals surface area (Å²) in [6.07, 6.45) is 0. The van der Waals surface area contributed by atoms with E-state index < -0.39 is 11.6 Å². The van der Waals surface area contributed by atoms with Crippen molar-refractivity contribution in [2.75, 3.05) is 19.0 Å². The molecule has 0 saturated heterocycles. The molecular formula is C20H24F2N4O2. The minimum Gasteiger partial charge on any atom is -0.495 e. The summed E-state index contributed by atoms with van der Waals surface area (Å²) in [5, 5.41) is 8.75. The summed E-state index contributed by atoms with van der Waals surface area (Å²) in [7, 11) is 1.53. The maximum absolute atomic E-state index is 13.8. The average Bonchev–Trinajstić information content (AvgIpc) is 2.66. The number of hydrogen-bond donors (Lipinski definition) is 3. The first-order valence-corrected chi connectivity index (χ1v) is 8.83. The highest BCUT2D eigenvalue weighted by molar-refractivity contribution is 5.90. The molecule has 0 radical (unpaired) electrons. The van der Waals surface area contributed by atoms with Gasteiger partial charge < -0.3 is 20.7 Å². The van der Waals surface area contributed by atoms with E-state index in [0.29, 0.717) is 30.5 Å². The molecule has 8 heteroatoms. The van der Waals surface area contributed by atoms with Crippen molar-refractivity contribution in [3.05, 3.63) is 59.2 Å². The molecule has 1 amide bonds. The van der Waals surface area contributed by atoms with E-state index in [1.165, 1.54) is 14.0 Å². The lowest BCUT2D eigenvalue weighted by atomic mass is 10.2. The number of amides is 1. The highest BCUT2D eigenvalue weighted by atomic mass is 19.1. The van der Waals surface area contributed by atoms with Crippen molar-refractivity contribution in [3.63, 3.8) is 0 Å². The number of aliphatic imine (C=N–C) groups is 1. The Kier molecular flexibility index (Phi) is 7.74. The highest BCUT2D eigenvalue weighted by Crippen LogP contribution is 2.25. The molecule has 0 saturated carbocycles. The molecule has 3 N–H and O–H groups in total. The van der Waals surface area contributed by atoms with Crippen LogP contribution in [0.4, 0.5) is 14.5 Å². The monoisotopic (exact) mass is 390 g/mol. The number of carbonyl (C=O) groups excluding carboxylic acids is 1. The Morgan fingerprint density at radius 2 is 1.93 bits per heavy atom. The zero-order valence-electron chi connectivity index (χ0n) is 16.1. The number of guanidine groups is 1. The van der Waals surface area contributed by atoms with E-state index in [-0.39, 0.29) is 18.0 Å². The molecule has 2 aromatic carbocycles. The predicted octanol–water partition coefficient (Wildman–Crippen LogP) is 3.19. The van der Waals surface area contributed by atoms with Crippen LogP contribution in [0.25, 0.3) is 0 Å². The number of nitrogens with one attached hydrogen (secondary N) is 3. The van der Waals surface area contributed by atoms with Gasteiger partial charge in [0.05, 0.1) is 19.3 Å². The van der Waals surface area contributed by atoms with E-state index in [4.69, 9.17) is 4.74 Å². The summed E-state index contributed by atoms with van der Waals surface area (Å²) in [5.41, 5.74) is 1.61. The fraction of sp³-hybridized carbons (Fsp3) is 0.300. The van der Waals surface area contributed by atoms with Gasteiger partial charge in [-0.15, -0.1) is 0 Å². The zero-order chi connectivity index (χ0) is 20.5. The maximum Gasteiger partial charge on any atom is 0.221 e. The van der Waals surface area contributed by atoms with E-state index in [1.54, 1.807) is 12.1 Å². The van der Waals surface area contributed by atoms with Crippen molar-refractivity contribution >= 4 is 17.6 Å². The Bertz CT molecular complexity index is 856. The van der Waals surface area contributed by atoms with Gasteiger partial charge in [0.1, 0.15) is 17.4 Å². The molecule has 0 heterocycles. The number of ether oxygens (including phenoxy) is 1. The van der Waals surface area contributed by atoms with Crippen molar-refractivity contribution in [1.29, 1.82) is 0 Å². The van der Waals surface area contributed by atoms with E-state index in [0.717, 1.165) is 23.8 Å². The zero-order valence-corrected chi connectivity index (χ0v) is 16.1. The van der Waals surface area contributed by atoms with Gasteiger partial charge in [-0.2, -0.15) is 0 Å². The van der Waals surface area contributed by atoms with E-state index in [1.807, 2.05) is 13.0 Å². The standard InChI is InChI=1S/C20H24F2N4O2/c1-4-23-20(25-12-15-10-16(21)6-7-17(15)22)24-11-14-5-8-19(28-3)18(9-14)26-13(2)27/h5-10H,4,11-12H2,1-3H3,(H,26,27)(H2,23,24,25). The van der Waals surface area contributed by atoms with Gasteiger partial charge in [0, 0.05) is 25.6 Å². The number of methoxy groups -OCH3 is 1. The van der Waals surface area contributed by atoms with Gasteiger partial charge >= 0.3 is 0 Å². The molecule has 0 aromatic heterocycles. The van der Waals surface area contributed by atoms with Crippen molar-refractivity contribution < 1.29 is 18.3 Å². The van der Waals surface area contributed by atoms with Gasteiger partial charge in [-0.3, -0.25) is 4.79 Å². The second-order valence-corrected chi connectivity index (χ2v) is 6.00. The van der Waals surface area contributed by atoms with Gasteiger partial charge in [-0.05, 0) is 42.8 Å². The first-order valence-electron chi connectivity index (χ1n) is 8.83. The van der Waals surface area contributed by atoms with Gasteiger partial charge in [0.2, 0.25) is 5.91 Å². The number of nitrogens with zero attached hydrogens (tertiary/aromatic N) is 1. The number of carbonyl (C=O) groups is 1. The molecule has 0 aliphatic rings. The molecule has 2 rings (SSSR count). The fourth-order valence-electron chi connectivity index (χ4n) is 2.51. The molecule has 28 heavy (non-hydrogen) atoms. The number of hydrogen-bond acceptors (Lipinski definition) is 3. The smallest absolute Gasteiger partial charge is 0.221 e. The van der Waals surface area contributed by atoms with Crippen LogP contribution in [0, 0.1) is 11.6 Å². The number of benzene rings is 2. The Balaban J connectivity index is 2.11. The van der Waals surface area contributed by atoms with Gasteiger partial charge in [0.25, 0.3) is 0 Å². The molecule has 0 atom stereocenters. The number of halogens is 2. The second kappa shape index (κ2) is 10.2. The molecule has 0 aliphatic heterocycles. The van der Waals surface area contributed by atoms with Crippen molar-refractivity contribution in [1.82, 2.24) is 10.6 Å². The van der Waals surface area contributed by atoms with Crippen molar-refractivity contribution in [3.8, 4) is 5.75 Å². The Morgan fingerprint density at radius 1 is 1.14 bits per heavy atom. The minimum atomic E-state index is -0.496. The van der Waals surface area contributed by atoms with Gasteiger partial charge in [-0.1, -0.05) is 6.07 Å². The number of anilines is 1. The normalized spacial score (nSPS) is 11.1. The van der Waals surface area contributed by atoms with Crippen LogP contribution in [-0.4, -0.2) is 25.5 Å². The van der Waals surface area contributed by atoms with Crippen molar-refractivity contribution in [2.24, 2.45) is 4.99 Å². The molecule has 0 spiro atoms. The molecule has 0 fully saturated rings. The van der Waals surface area contributed by atoms with Crippen LogP contribution in [0.2, 0.25) is 0 Å². The third-order valence-corrected chi connectivity index (χ3v) is 3.79. The SMILES string of the molecule is CCNC(=NCc1ccc(OC)c(NC(C)=O)c1)NCc1cc(F)ccc1F. The Hall–Kier alpha value is -3.16. The first-order chi connectivity index (χ1) is 13.4. The van der Waals surface area contributed by atoms with Gasteiger partial charge in [0.15, 0.2) is 5.96 Å². The largest absolute Gasteiger partial charge is 0.495 e. The summed E-state index contributed by atoms with van der Waals surface area (Å²) in [6.45, 7) is 4.34. The third kappa shape index (κ3) is 6.22. The predicted molar refractivity (Wildman–Crippen MR) is 105 cm³/mol. The van der Waals surface area contributed by atoms with Crippen LogP contribution in [-0.2, 0) is 17.9 Å². The topological polar surface area (TPSA) is 74.8 Å². The summed E-state index contributed by atoms with van der Waals surface area (Å²) in [4.78, 5) is 15.8. The van der Waals surface area contributed by atoms with Crippen LogP contribution >= 0.6 is 0 Å². The molecule has 2 aromatic rings. The van der Waals surface area contributed by atoms with E-state index in [2.05, 4.69) is 20.9 Å². The van der Waals surface area contributed by atoms with Crippen LogP contribution in [0.15, 0.2) is 41.4 Å². The lowest BCUT2D eigenvalue weighted by Crippen LogP contribution is -2.37. The molecule has 0 unspecified atom stereocenters. The Labute approximate surface area is 163 Å². The molecule has 6 nitrogen and oxygen atoms in total. The number of rotatable bonds is 7. The lowest BCUT2D eigenvalue weighted by molar-refractivity contribution is -0.114. The van der Waals surface area contributed by atoms with Crippen LogP contribution in [0.1, 0.15) is 25.0 Å². The van der Waals surface area contributed by atoms with E-state index in [9.17, 15) is 13.6 Å². The molecule has 150 valence electrons. The summed E-state index contributed by atoms with van der Waals surface area (Å²) >= 11 is 0.